The van der Waals surface area contributed by atoms with Crippen molar-refractivity contribution in [2.24, 2.45) is 12.8 Å². The van der Waals surface area contributed by atoms with Crippen molar-refractivity contribution in [3.63, 3.8) is 0 Å². The Kier molecular flexibility index (Phi) is 2.30. The average molecular weight is 228 g/mol. The molecule has 1 aromatic carbocycles. The lowest BCUT2D eigenvalue weighted by atomic mass is 10.0. The molecule has 2 heteroatoms. The molecule has 90 valence electrons. The molecule has 17 heavy (non-hydrogen) atoms. The first-order valence-electron chi connectivity index (χ1n) is 6.41. The van der Waals surface area contributed by atoms with Crippen LogP contribution < -0.4 is 5.73 Å². The second-order valence-electron chi connectivity index (χ2n) is 5.60. The Balaban J connectivity index is 1.96. The predicted octanol–water partition coefficient (Wildman–Crippen LogP) is 2.91. The largest absolute Gasteiger partial charge is 0.350 e. The van der Waals surface area contributed by atoms with E-state index >= 15 is 0 Å². The highest BCUT2D eigenvalue weighted by molar-refractivity contribution is 5.86. The zero-order valence-corrected chi connectivity index (χ0v) is 10.7. The molecular weight excluding hydrogens is 208 g/mol. The molecular formula is C15H20N2. The second-order valence-corrected chi connectivity index (χ2v) is 5.60. The van der Waals surface area contributed by atoms with Gasteiger partial charge in [0.15, 0.2) is 0 Å². The summed E-state index contributed by atoms with van der Waals surface area (Å²) in [4.78, 5) is 0. The second kappa shape index (κ2) is 3.61. The summed E-state index contributed by atoms with van der Waals surface area (Å²) in [5, 5.41) is 1.40. The number of aryl methyl sites for hydroxylation is 3. The molecule has 0 amide bonds. The monoisotopic (exact) mass is 228 g/mol. The third-order valence-corrected chi connectivity index (χ3v) is 4.07. The van der Waals surface area contributed by atoms with Crippen LogP contribution in [0.1, 0.15) is 30.4 Å². The van der Waals surface area contributed by atoms with Crippen molar-refractivity contribution in [3.8, 4) is 0 Å². The average Bonchev–Trinajstić information content (AvgIpc) is 2.93. The zero-order valence-electron chi connectivity index (χ0n) is 10.7. The van der Waals surface area contributed by atoms with Gasteiger partial charge in [-0.05, 0) is 43.7 Å². The molecule has 0 unspecified atom stereocenters. The summed E-state index contributed by atoms with van der Waals surface area (Å²) < 4.78 is 2.25. The lowest BCUT2D eigenvalue weighted by Gasteiger charge is -2.07. The highest BCUT2D eigenvalue weighted by Gasteiger charge is 2.37. The molecule has 0 aliphatic heterocycles. The van der Waals surface area contributed by atoms with Gasteiger partial charge in [-0.15, -0.1) is 0 Å². The van der Waals surface area contributed by atoms with Gasteiger partial charge in [-0.1, -0.05) is 18.2 Å². The van der Waals surface area contributed by atoms with E-state index in [2.05, 4.69) is 42.9 Å². The number of fused-ring (bicyclic) bond motifs is 1. The first kappa shape index (κ1) is 10.8. The molecule has 2 N–H and O–H groups in total. The maximum atomic E-state index is 6.17. The normalized spacial score (nSPS) is 17.6. The summed E-state index contributed by atoms with van der Waals surface area (Å²) in [6.07, 6.45) is 6.91. The lowest BCUT2D eigenvalue weighted by Crippen LogP contribution is -2.21. The number of hydrogen-bond donors (Lipinski definition) is 1. The van der Waals surface area contributed by atoms with E-state index in [0.29, 0.717) is 0 Å². The highest BCUT2D eigenvalue weighted by Crippen LogP contribution is 2.37. The van der Waals surface area contributed by atoms with Gasteiger partial charge in [0.2, 0.25) is 0 Å². The van der Waals surface area contributed by atoms with E-state index in [-0.39, 0.29) is 5.54 Å². The fourth-order valence-electron chi connectivity index (χ4n) is 2.75. The minimum Gasteiger partial charge on any atom is -0.350 e. The molecule has 1 aliphatic rings. The first-order valence-corrected chi connectivity index (χ1v) is 6.41. The Morgan fingerprint density at radius 1 is 1.35 bits per heavy atom. The van der Waals surface area contributed by atoms with Gasteiger partial charge in [-0.3, -0.25) is 0 Å². The van der Waals surface area contributed by atoms with Crippen LogP contribution in [0.15, 0.2) is 24.4 Å². The SMILES string of the molecule is Cc1cccc2c(CCC3(N)CC3)cn(C)c12. The van der Waals surface area contributed by atoms with Crippen LogP contribution in [0.4, 0.5) is 0 Å². The lowest BCUT2D eigenvalue weighted by molar-refractivity contribution is 0.610. The van der Waals surface area contributed by atoms with Crippen molar-refractivity contribution in [1.29, 1.82) is 0 Å². The Morgan fingerprint density at radius 3 is 2.82 bits per heavy atom. The molecule has 2 aromatic rings. The van der Waals surface area contributed by atoms with Crippen molar-refractivity contribution in [2.45, 2.75) is 38.1 Å². The van der Waals surface area contributed by atoms with Gasteiger partial charge >= 0.3 is 0 Å². The Bertz CT molecular complexity index is 562. The van der Waals surface area contributed by atoms with Crippen LogP contribution in [0.25, 0.3) is 10.9 Å². The molecule has 0 atom stereocenters. The summed E-state index contributed by atoms with van der Waals surface area (Å²) in [7, 11) is 2.13. The Hall–Kier alpha value is -1.28. The molecule has 1 fully saturated rings. The number of nitrogens with two attached hydrogens (primary N) is 1. The quantitative estimate of drug-likeness (QED) is 0.860. The van der Waals surface area contributed by atoms with Gasteiger partial charge < -0.3 is 10.3 Å². The minimum absolute atomic E-state index is 0.159. The number of benzene rings is 1. The van der Waals surface area contributed by atoms with Crippen molar-refractivity contribution in [3.05, 3.63) is 35.5 Å². The molecule has 1 aliphatic carbocycles. The summed E-state index contributed by atoms with van der Waals surface area (Å²) >= 11 is 0. The standard InChI is InChI=1S/C15H20N2/c1-11-4-3-5-13-12(10-17(2)14(11)13)6-7-15(16)8-9-15/h3-5,10H,6-9,16H2,1-2H3. The van der Waals surface area contributed by atoms with Crippen LogP contribution in [0.5, 0.6) is 0 Å². The number of hydrogen-bond acceptors (Lipinski definition) is 1. The molecule has 3 rings (SSSR count). The van der Waals surface area contributed by atoms with Crippen molar-refractivity contribution < 1.29 is 0 Å². The van der Waals surface area contributed by atoms with Crippen molar-refractivity contribution >= 4 is 10.9 Å². The van der Waals surface area contributed by atoms with Crippen LogP contribution >= 0.6 is 0 Å². The van der Waals surface area contributed by atoms with Crippen molar-refractivity contribution in [1.82, 2.24) is 4.57 Å². The van der Waals surface area contributed by atoms with Gasteiger partial charge in [-0.2, -0.15) is 0 Å². The summed E-state index contributed by atoms with van der Waals surface area (Å²) in [5.74, 6) is 0. The predicted molar refractivity (Wildman–Crippen MR) is 72.1 cm³/mol. The van der Waals surface area contributed by atoms with E-state index in [1.807, 2.05) is 0 Å². The van der Waals surface area contributed by atoms with Gasteiger partial charge in [0.25, 0.3) is 0 Å². The van der Waals surface area contributed by atoms with Crippen LogP contribution in [0.3, 0.4) is 0 Å². The van der Waals surface area contributed by atoms with E-state index in [4.69, 9.17) is 5.73 Å². The maximum Gasteiger partial charge on any atom is 0.0510 e. The molecule has 0 bridgehead atoms. The minimum atomic E-state index is 0.159. The fraction of sp³-hybridized carbons (Fsp3) is 0.467. The first-order chi connectivity index (χ1) is 8.09. The van der Waals surface area contributed by atoms with Crippen LogP contribution in [-0.2, 0) is 13.5 Å². The van der Waals surface area contributed by atoms with Crippen LogP contribution in [-0.4, -0.2) is 10.1 Å². The summed E-state index contributed by atoms with van der Waals surface area (Å²) in [6.45, 7) is 2.18. The van der Waals surface area contributed by atoms with E-state index in [9.17, 15) is 0 Å². The molecule has 1 saturated carbocycles. The van der Waals surface area contributed by atoms with Gasteiger partial charge in [0.05, 0.1) is 5.52 Å². The van der Waals surface area contributed by atoms with Gasteiger partial charge in [0.1, 0.15) is 0 Å². The summed E-state index contributed by atoms with van der Waals surface area (Å²) in [5.41, 5.74) is 10.5. The maximum absolute atomic E-state index is 6.17. The van der Waals surface area contributed by atoms with Crippen molar-refractivity contribution in [2.75, 3.05) is 0 Å². The van der Waals surface area contributed by atoms with E-state index in [0.717, 1.165) is 12.8 Å². The third kappa shape index (κ3) is 1.87. The Morgan fingerprint density at radius 2 is 2.12 bits per heavy atom. The number of rotatable bonds is 3. The van der Waals surface area contributed by atoms with Crippen LogP contribution in [0.2, 0.25) is 0 Å². The third-order valence-electron chi connectivity index (χ3n) is 4.07. The number of nitrogens with zero attached hydrogens (tertiary/aromatic N) is 1. The number of aromatic nitrogens is 1. The molecule has 0 spiro atoms. The zero-order chi connectivity index (χ0) is 12.0. The summed E-state index contributed by atoms with van der Waals surface area (Å²) in [6, 6.07) is 6.56. The van der Waals surface area contributed by atoms with E-state index < -0.39 is 0 Å². The van der Waals surface area contributed by atoms with Gasteiger partial charge in [0, 0.05) is 24.2 Å². The molecule has 0 radical (unpaired) electrons. The molecule has 1 heterocycles. The fourth-order valence-corrected chi connectivity index (χ4v) is 2.75. The molecule has 2 nitrogen and oxygen atoms in total. The Labute approximate surface area is 102 Å². The number of para-hydroxylation sites is 1. The molecule has 0 saturated heterocycles. The topological polar surface area (TPSA) is 30.9 Å². The highest BCUT2D eigenvalue weighted by atomic mass is 14.9. The smallest absolute Gasteiger partial charge is 0.0510 e. The van der Waals surface area contributed by atoms with E-state index in [1.165, 1.54) is 34.9 Å². The molecule has 1 aromatic heterocycles. The van der Waals surface area contributed by atoms with Gasteiger partial charge in [-0.25, -0.2) is 0 Å². The van der Waals surface area contributed by atoms with E-state index in [1.54, 1.807) is 0 Å². The van der Waals surface area contributed by atoms with Crippen LogP contribution in [0, 0.1) is 6.92 Å².